The van der Waals surface area contributed by atoms with Gasteiger partial charge in [-0.15, -0.1) is 0 Å². The highest BCUT2D eigenvalue weighted by Gasteiger charge is 2.26. The predicted octanol–water partition coefficient (Wildman–Crippen LogP) is 3.87. The van der Waals surface area contributed by atoms with E-state index in [0.717, 1.165) is 11.1 Å². The molecule has 144 valence electrons. The van der Waals surface area contributed by atoms with E-state index in [1.54, 1.807) is 24.0 Å². The molecule has 0 aliphatic rings. The summed E-state index contributed by atoms with van der Waals surface area (Å²) in [7, 11) is 0. The first-order valence-corrected chi connectivity index (χ1v) is 9.63. The highest BCUT2D eigenvalue weighted by Crippen LogP contribution is 2.13. The van der Waals surface area contributed by atoms with Crippen molar-refractivity contribution in [1.29, 1.82) is 0 Å². The Morgan fingerprint density at radius 3 is 2.19 bits per heavy atom. The van der Waals surface area contributed by atoms with Crippen LogP contribution in [0.5, 0.6) is 0 Å². The van der Waals surface area contributed by atoms with Crippen LogP contribution >= 0.6 is 11.6 Å². The van der Waals surface area contributed by atoms with Crippen molar-refractivity contribution in [3.8, 4) is 0 Å². The number of amides is 2. The van der Waals surface area contributed by atoms with Crippen molar-refractivity contribution in [1.82, 2.24) is 10.2 Å². The third-order valence-electron chi connectivity index (χ3n) is 4.35. The molecular formula is C22H27ClN2O2. The Labute approximate surface area is 166 Å². The Morgan fingerprint density at radius 1 is 0.963 bits per heavy atom. The second kappa shape index (κ2) is 10.1. The summed E-state index contributed by atoms with van der Waals surface area (Å²) < 4.78 is 0. The third kappa shape index (κ3) is 6.72. The van der Waals surface area contributed by atoms with Crippen LogP contribution in [-0.2, 0) is 22.4 Å². The van der Waals surface area contributed by atoms with Crippen molar-refractivity contribution in [2.45, 2.75) is 45.7 Å². The lowest BCUT2D eigenvalue weighted by atomic mass is 10.1. The molecule has 27 heavy (non-hydrogen) atoms. The fraction of sp³-hybridized carbons (Fsp3) is 0.364. The van der Waals surface area contributed by atoms with Gasteiger partial charge < -0.3 is 10.2 Å². The van der Waals surface area contributed by atoms with E-state index in [9.17, 15) is 9.59 Å². The quantitative estimate of drug-likeness (QED) is 0.748. The molecule has 0 saturated heterocycles. The average Bonchev–Trinajstić information content (AvgIpc) is 2.64. The Balaban J connectivity index is 2.12. The van der Waals surface area contributed by atoms with Crippen LogP contribution in [0.15, 0.2) is 54.6 Å². The number of hydrogen-bond acceptors (Lipinski definition) is 2. The van der Waals surface area contributed by atoms with E-state index in [1.807, 2.05) is 56.3 Å². The van der Waals surface area contributed by atoms with Crippen LogP contribution in [0.3, 0.4) is 0 Å². The van der Waals surface area contributed by atoms with E-state index < -0.39 is 6.04 Å². The van der Waals surface area contributed by atoms with Crippen LogP contribution in [0.2, 0.25) is 5.02 Å². The van der Waals surface area contributed by atoms with Gasteiger partial charge in [-0.2, -0.15) is 0 Å². The standard InChI is InChI=1S/C22H27ClN2O2/c1-16(2)24-22(27)17(3)25(14-13-18-7-5-4-6-8-18)21(26)15-19-9-11-20(23)12-10-19/h4-12,16-17H,13-15H2,1-3H3,(H,24,27)/t17-/m0/s1. The molecule has 0 saturated carbocycles. The van der Waals surface area contributed by atoms with Gasteiger partial charge in [0.15, 0.2) is 0 Å². The van der Waals surface area contributed by atoms with Gasteiger partial charge in [0.2, 0.25) is 11.8 Å². The molecule has 0 aliphatic heterocycles. The van der Waals surface area contributed by atoms with E-state index in [4.69, 9.17) is 11.6 Å². The van der Waals surface area contributed by atoms with Crippen molar-refractivity contribution in [2.24, 2.45) is 0 Å². The number of benzene rings is 2. The maximum Gasteiger partial charge on any atom is 0.242 e. The number of carbonyl (C=O) groups is 2. The fourth-order valence-corrected chi connectivity index (χ4v) is 2.98. The Hall–Kier alpha value is -2.33. The molecule has 0 radical (unpaired) electrons. The topological polar surface area (TPSA) is 49.4 Å². The number of halogens is 1. The highest BCUT2D eigenvalue weighted by atomic mass is 35.5. The highest BCUT2D eigenvalue weighted by molar-refractivity contribution is 6.30. The van der Waals surface area contributed by atoms with Crippen LogP contribution in [0.1, 0.15) is 31.9 Å². The molecule has 2 amide bonds. The zero-order valence-electron chi connectivity index (χ0n) is 16.1. The van der Waals surface area contributed by atoms with Gasteiger partial charge in [-0.05, 0) is 50.5 Å². The van der Waals surface area contributed by atoms with Crippen LogP contribution in [0, 0.1) is 0 Å². The van der Waals surface area contributed by atoms with Crippen LogP contribution in [0.25, 0.3) is 0 Å². The molecule has 2 aromatic rings. The number of rotatable bonds is 8. The molecule has 5 heteroatoms. The smallest absolute Gasteiger partial charge is 0.242 e. The van der Waals surface area contributed by atoms with Gasteiger partial charge in [0.25, 0.3) is 0 Å². The van der Waals surface area contributed by atoms with Crippen molar-refractivity contribution in [3.05, 3.63) is 70.7 Å². The lowest BCUT2D eigenvalue weighted by Gasteiger charge is -2.29. The molecule has 2 rings (SSSR count). The maximum atomic E-state index is 13.0. The monoisotopic (exact) mass is 386 g/mol. The first-order valence-electron chi connectivity index (χ1n) is 9.25. The summed E-state index contributed by atoms with van der Waals surface area (Å²) in [5, 5.41) is 3.53. The zero-order valence-corrected chi connectivity index (χ0v) is 16.9. The third-order valence-corrected chi connectivity index (χ3v) is 4.60. The number of hydrogen-bond donors (Lipinski definition) is 1. The predicted molar refractivity (Wildman–Crippen MR) is 110 cm³/mol. The fourth-order valence-electron chi connectivity index (χ4n) is 2.85. The van der Waals surface area contributed by atoms with Gasteiger partial charge in [-0.25, -0.2) is 0 Å². The largest absolute Gasteiger partial charge is 0.352 e. The van der Waals surface area contributed by atoms with Crippen molar-refractivity contribution < 1.29 is 9.59 Å². The molecule has 1 N–H and O–H groups in total. The average molecular weight is 387 g/mol. The van der Waals surface area contributed by atoms with Crippen molar-refractivity contribution in [2.75, 3.05) is 6.54 Å². The van der Waals surface area contributed by atoms with Gasteiger partial charge in [0, 0.05) is 17.6 Å². The summed E-state index contributed by atoms with van der Waals surface area (Å²) in [4.78, 5) is 27.1. The molecule has 1 atom stereocenters. The van der Waals surface area contributed by atoms with Crippen LogP contribution in [-0.4, -0.2) is 35.3 Å². The summed E-state index contributed by atoms with van der Waals surface area (Å²) in [6.07, 6.45) is 0.942. The Morgan fingerprint density at radius 2 is 1.59 bits per heavy atom. The van der Waals surface area contributed by atoms with Gasteiger partial charge in [-0.1, -0.05) is 54.1 Å². The first-order chi connectivity index (χ1) is 12.9. The van der Waals surface area contributed by atoms with Crippen LogP contribution in [0.4, 0.5) is 0 Å². The van der Waals surface area contributed by atoms with E-state index in [2.05, 4.69) is 5.32 Å². The lowest BCUT2D eigenvalue weighted by Crippen LogP contribution is -2.50. The van der Waals surface area contributed by atoms with Gasteiger partial charge in [0.1, 0.15) is 6.04 Å². The second-order valence-electron chi connectivity index (χ2n) is 6.97. The summed E-state index contributed by atoms with van der Waals surface area (Å²) >= 11 is 5.92. The number of nitrogens with zero attached hydrogens (tertiary/aromatic N) is 1. The summed E-state index contributed by atoms with van der Waals surface area (Å²) in [5.74, 6) is -0.206. The van der Waals surface area contributed by atoms with Crippen molar-refractivity contribution in [3.63, 3.8) is 0 Å². The molecule has 0 aromatic heterocycles. The molecule has 0 heterocycles. The summed E-state index contributed by atoms with van der Waals surface area (Å²) in [5.41, 5.74) is 2.02. The van der Waals surface area contributed by atoms with E-state index in [1.165, 1.54) is 0 Å². The summed E-state index contributed by atoms with van der Waals surface area (Å²) in [6, 6.07) is 16.7. The lowest BCUT2D eigenvalue weighted by molar-refractivity contribution is -0.139. The molecule has 2 aromatic carbocycles. The minimum Gasteiger partial charge on any atom is -0.352 e. The van der Waals surface area contributed by atoms with Crippen molar-refractivity contribution >= 4 is 23.4 Å². The first kappa shape index (κ1) is 21.0. The molecule has 4 nitrogen and oxygen atoms in total. The Bertz CT molecular complexity index is 745. The number of carbonyl (C=O) groups excluding carboxylic acids is 2. The minimum absolute atomic E-state index is 0.0299. The normalized spacial score (nSPS) is 11.9. The molecule has 0 bridgehead atoms. The Kier molecular flexibility index (Phi) is 7.86. The summed E-state index contributed by atoms with van der Waals surface area (Å²) in [6.45, 7) is 6.09. The van der Waals surface area contributed by atoms with E-state index in [-0.39, 0.29) is 24.3 Å². The van der Waals surface area contributed by atoms with E-state index >= 15 is 0 Å². The van der Waals surface area contributed by atoms with Gasteiger partial charge in [0.05, 0.1) is 6.42 Å². The molecule has 0 unspecified atom stereocenters. The molecule has 0 spiro atoms. The van der Waals surface area contributed by atoms with E-state index in [0.29, 0.717) is 18.0 Å². The molecule has 0 aliphatic carbocycles. The van der Waals surface area contributed by atoms with Gasteiger partial charge >= 0.3 is 0 Å². The SMILES string of the molecule is CC(C)NC(=O)[C@H](C)N(CCc1ccccc1)C(=O)Cc1ccc(Cl)cc1. The second-order valence-corrected chi connectivity index (χ2v) is 7.40. The van der Waals surface area contributed by atoms with Gasteiger partial charge in [-0.3, -0.25) is 9.59 Å². The molecular weight excluding hydrogens is 360 g/mol. The number of nitrogens with one attached hydrogen (secondary N) is 1. The minimum atomic E-state index is -0.532. The van der Waals surface area contributed by atoms with Crippen LogP contribution < -0.4 is 5.32 Å². The molecule has 0 fully saturated rings. The zero-order chi connectivity index (χ0) is 19.8. The maximum absolute atomic E-state index is 13.0.